The van der Waals surface area contributed by atoms with Crippen molar-refractivity contribution in [3.05, 3.63) is 0 Å². The molecule has 2 nitrogen and oxygen atoms in total. The van der Waals surface area contributed by atoms with Crippen LogP contribution in [0.3, 0.4) is 0 Å². The lowest BCUT2D eigenvalue weighted by atomic mass is 10.2. The SMILES string of the molecule is CC.CCN1CC(O)C1. The van der Waals surface area contributed by atoms with Crippen LogP contribution < -0.4 is 0 Å². The maximum absolute atomic E-state index is 8.71. The largest absolute Gasteiger partial charge is 0.390 e. The molecular formula is C7H17NO. The van der Waals surface area contributed by atoms with E-state index in [4.69, 9.17) is 5.11 Å². The molecule has 1 aliphatic rings. The lowest BCUT2D eigenvalue weighted by Crippen LogP contribution is -2.50. The third-order valence-corrected chi connectivity index (χ3v) is 1.39. The van der Waals surface area contributed by atoms with Crippen LogP contribution in [0.2, 0.25) is 0 Å². The van der Waals surface area contributed by atoms with Gasteiger partial charge in [0.15, 0.2) is 0 Å². The van der Waals surface area contributed by atoms with Crippen molar-refractivity contribution in [2.45, 2.75) is 26.9 Å². The molecule has 56 valence electrons. The predicted octanol–water partition coefficient (Wildman–Crippen LogP) is 0.709. The Morgan fingerprint density at radius 3 is 2.00 bits per heavy atom. The second-order valence-corrected chi connectivity index (χ2v) is 2.01. The van der Waals surface area contributed by atoms with E-state index in [9.17, 15) is 0 Å². The minimum Gasteiger partial charge on any atom is -0.390 e. The third kappa shape index (κ3) is 2.82. The number of likely N-dealkylation sites (tertiary alicyclic amines) is 1. The first-order valence-corrected chi connectivity index (χ1v) is 3.73. The van der Waals surface area contributed by atoms with E-state index in [1.807, 2.05) is 13.8 Å². The van der Waals surface area contributed by atoms with Crippen molar-refractivity contribution in [3.8, 4) is 0 Å². The summed E-state index contributed by atoms with van der Waals surface area (Å²) in [7, 11) is 0. The molecule has 0 radical (unpaired) electrons. The zero-order valence-electron chi connectivity index (χ0n) is 6.59. The summed E-state index contributed by atoms with van der Waals surface area (Å²) in [5.41, 5.74) is 0. The number of β-amino-alcohol motifs (C(OH)–C–C–N with tert-alkyl or cyclic N) is 1. The smallest absolute Gasteiger partial charge is 0.0793 e. The van der Waals surface area contributed by atoms with E-state index in [0.29, 0.717) is 0 Å². The molecule has 9 heavy (non-hydrogen) atoms. The van der Waals surface area contributed by atoms with Crippen molar-refractivity contribution in [2.75, 3.05) is 19.6 Å². The molecule has 1 heterocycles. The lowest BCUT2D eigenvalue weighted by molar-refractivity contribution is 0.00578. The van der Waals surface area contributed by atoms with Gasteiger partial charge in [0.1, 0.15) is 0 Å². The first-order valence-electron chi connectivity index (χ1n) is 3.73. The Kier molecular flexibility index (Phi) is 4.72. The Bertz CT molecular complexity index is 59.9. The maximum atomic E-state index is 8.71. The summed E-state index contributed by atoms with van der Waals surface area (Å²) in [6.07, 6.45) is -0.0278. The van der Waals surface area contributed by atoms with E-state index in [-0.39, 0.29) is 6.10 Å². The summed E-state index contributed by atoms with van der Waals surface area (Å²) in [5.74, 6) is 0. The van der Waals surface area contributed by atoms with Crippen molar-refractivity contribution >= 4 is 0 Å². The third-order valence-electron chi connectivity index (χ3n) is 1.39. The number of rotatable bonds is 1. The van der Waals surface area contributed by atoms with Gasteiger partial charge >= 0.3 is 0 Å². The molecule has 0 saturated carbocycles. The number of hydrogen-bond donors (Lipinski definition) is 1. The zero-order chi connectivity index (χ0) is 7.28. The number of nitrogens with zero attached hydrogens (tertiary/aromatic N) is 1. The van der Waals surface area contributed by atoms with E-state index in [0.717, 1.165) is 19.6 Å². The van der Waals surface area contributed by atoms with Crippen molar-refractivity contribution in [1.29, 1.82) is 0 Å². The number of aliphatic hydroxyl groups excluding tert-OH is 1. The molecule has 0 unspecified atom stereocenters. The summed E-state index contributed by atoms with van der Waals surface area (Å²) in [6.45, 7) is 8.95. The highest BCUT2D eigenvalue weighted by molar-refractivity contribution is 4.76. The topological polar surface area (TPSA) is 23.5 Å². The quantitative estimate of drug-likeness (QED) is 0.566. The summed E-state index contributed by atoms with van der Waals surface area (Å²) in [6, 6.07) is 0. The Balaban J connectivity index is 0.000000291. The van der Waals surface area contributed by atoms with Gasteiger partial charge < -0.3 is 5.11 Å². The predicted molar refractivity (Wildman–Crippen MR) is 39.5 cm³/mol. The Hall–Kier alpha value is -0.0800. The molecule has 0 spiro atoms. The fourth-order valence-electron chi connectivity index (χ4n) is 0.801. The van der Waals surface area contributed by atoms with Crippen molar-refractivity contribution in [1.82, 2.24) is 4.90 Å². The van der Waals surface area contributed by atoms with E-state index >= 15 is 0 Å². The van der Waals surface area contributed by atoms with Gasteiger partial charge in [-0.25, -0.2) is 0 Å². The van der Waals surface area contributed by atoms with Gasteiger partial charge in [0.2, 0.25) is 0 Å². The molecule has 0 bridgehead atoms. The molecule has 0 atom stereocenters. The standard InChI is InChI=1S/C5H11NO.C2H6/c1-2-6-3-5(7)4-6;1-2/h5,7H,2-4H2,1H3;1-2H3. The van der Waals surface area contributed by atoms with Crippen LogP contribution in [-0.4, -0.2) is 35.7 Å². The van der Waals surface area contributed by atoms with Crippen LogP contribution in [0.1, 0.15) is 20.8 Å². The zero-order valence-corrected chi connectivity index (χ0v) is 6.59. The first-order chi connectivity index (χ1) is 4.33. The highest BCUT2D eigenvalue weighted by Gasteiger charge is 2.21. The van der Waals surface area contributed by atoms with Crippen molar-refractivity contribution in [2.24, 2.45) is 0 Å². The average molecular weight is 131 g/mol. The van der Waals surface area contributed by atoms with Gasteiger partial charge in [0.25, 0.3) is 0 Å². The first kappa shape index (κ1) is 8.92. The highest BCUT2D eigenvalue weighted by atomic mass is 16.3. The van der Waals surface area contributed by atoms with Crippen LogP contribution in [0.15, 0.2) is 0 Å². The fourth-order valence-corrected chi connectivity index (χ4v) is 0.801. The van der Waals surface area contributed by atoms with Crippen molar-refractivity contribution in [3.63, 3.8) is 0 Å². The van der Waals surface area contributed by atoms with Crippen LogP contribution in [-0.2, 0) is 0 Å². The molecule has 1 aliphatic heterocycles. The summed E-state index contributed by atoms with van der Waals surface area (Å²) >= 11 is 0. The van der Waals surface area contributed by atoms with Gasteiger partial charge in [-0.05, 0) is 6.54 Å². The van der Waals surface area contributed by atoms with E-state index in [1.165, 1.54) is 0 Å². The van der Waals surface area contributed by atoms with Gasteiger partial charge in [-0.3, -0.25) is 4.90 Å². The van der Waals surface area contributed by atoms with Gasteiger partial charge in [-0.2, -0.15) is 0 Å². The molecular weight excluding hydrogens is 114 g/mol. The summed E-state index contributed by atoms with van der Waals surface area (Å²) in [5, 5.41) is 8.71. The van der Waals surface area contributed by atoms with E-state index in [2.05, 4.69) is 11.8 Å². The minimum atomic E-state index is -0.0278. The molecule has 2 heteroatoms. The molecule has 0 aromatic heterocycles. The summed E-state index contributed by atoms with van der Waals surface area (Å²) in [4.78, 5) is 2.20. The number of hydrogen-bond acceptors (Lipinski definition) is 2. The van der Waals surface area contributed by atoms with Crippen LogP contribution in [0.5, 0.6) is 0 Å². The molecule has 1 rings (SSSR count). The van der Waals surface area contributed by atoms with Gasteiger partial charge in [0.05, 0.1) is 6.10 Å². The molecule has 0 amide bonds. The summed E-state index contributed by atoms with van der Waals surface area (Å²) < 4.78 is 0. The van der Waals surface area contributed by atoms with Crippen molar-refractivity contribution < 1.29 is 5.11 Å². The molecule has 1 fully saturated rings. The fraction of sp³-hybridized carbons (Fsp3) is 1.00. The van der Waals surface area contributed by atoms with Crippen LogP contribution in [0, 0.1) is 0 Å². The highest BCUT2D eigenvalue weighted by Crippen LogP contribution is 2.04. The van der Waals surface area contributed by atoms with Gasteiger partial charge in [-0.15, -0.1) is 0 Å². The number of likely N-dealkylation sites (N-methyl/N-ethyl adjacent to an activating group) is 1. The van der Waals surface area contributed by atoms with E-state index < -0.39 is 0 Å². The van der Waals surface area contributed by atoms with Gasteiger partial charge in [-0.1, -0.05) is 20.8 Å². The Labute approximate surface area is 57.5 Å². The lowest BCUT2D eigenvalue weighted by Gasteiger charge is -2.34. The van der Waals surface area contributed by atoms with Gasteiger partial charge in [0, 0.05) is 13.1 Å². The molecule has 0 aromatic rings. The normalized spacial score (nSPS) is 20.0. The molecule has 0 aliphatic carbocycles. The number of aliphatic hydroxyl groups is 1. The second-order valence-electron chi connectivity index (χ2n) is 2.01. The molecule has 1 N–H and O–H groups in total. The average Bonchev–Trinajstić information content (AvgIpc) is 1.86. The van der Waals surface area contributed by atoms with Crippen LogP contribution in [0.4, 0.5) is 0 Å². The van der Waals surface area contributed by atoms with Crippen LogP contribution >= 0.6 is 0 Å². The maximum Gasteiger partial charge on any atom is 0.0793 e. The second kappa shape index (κ2) is 4.77. The van der Waals surface area contributed by atoms with E-state index in [1.54, 1.807) is 0 Å². The minimum absolute atomic E-state index is 0.0278. The Morgan fingerprint density at radius 1 is 1.44 bits per heavy atom. The van der Waals surface area contributed by atoms with Crippen LogP contribution in [0.25, 0.3) is 0 Å². The molecule has 0 aromatic carbocycles. The molecule has 1 saturated heterocycles. The monoisotopic (exact) mass is 131 g/mol. The Morgan fingerprint density at radius 2 is 1.89 bits per heavy atom.